The molecule has 1 saturated heterocycles. The fourth-order valence-electron chi connectivity index (χ4n) is 2.23. The summed E-state index contributed by atoms with van der Waals surface area (Å²) in [6.45, 7) is 1.23. The number of rotatable bonds is 4. The number of hydrogen-bond acceptors (Lipinski definition) is 7. The van der Waals surface area contributed by atoms with E-state index in [1.165, 1.54) is 4.63 Å². The summed E-state index contributed by atoms with van der Waals surface area (Å²) in [6.07, 6.45) is 0.977. The third-order valence-corrected chi connectivity index (χ3v) is 3.58. The number of anilines is 1. The van der Waals surface area contributed by atoms with E-state index in [4.69, 9.17) is 4.74 Å². The Hall–Kier alpha value is -2.29. The highest BCUT2D eigenvalue weighted by Crippen LogP contribution is 2.31. The summed E-state index contributed by atoms with van der Waals surface area (Å²) in [6, 6.07) is 3.44. The molecule has 2 aromatic rings. The minimum atomic E-state index is -0.810. The summed E-state index contributed by atoms with van der Waals surface area (Å²) in [5.41, 5.74) is -0.273. The van der Waals surface area contributed by atoms with Gasteiger partial charge in [0.2, 0.25) is 0 Å². The molecule has 0 spiro atoms. The van der Waals surface area contributed by atoms with Crippen molar-refractivity contribution in [2.24, 2.45) is 5.41 Å². The molecule has 1 aliphatic rings. The maximum absolute atomic E-state index is 11.5. The lowest BCUT2D eigenvalue weighted by Crippen LogP contribution is -2.42. The highest BCUT2D eigenvalue weighted by molar-refractivity contribution is 5.75. The molecular formula is C11H14N6O3. The highest BCUT2D eigenvalue weighted by atomic mass is 16.5. The second kappa shape index (κ2) is 5.00. The third kappa shape index (κ3) is 2.27. The summed E-state index contributed by atoms with van der Waals surface area (Å²) < 4.78 is 6.53. The van der Waals surface area contributed by atoms with Gasteiger partial charge >= 0.3 is 5.97 Å². The van der Waals surface area contributed by atoms with E-state index in [0.29, 0.717) is 44.1 Å². The molecule has 9 heteroatoms. The Balaban J connectivity index is 1.74. The fourth-order valence-corrected chi connectivity index (χ4v) is 2.23. The van der Waals surface area contributed by atoms with Gasteiger partial charge in [-0.05, 0) is 35.4 Å². The number of ether oxygens (including phenoxy) is 1. The molecular weight excluding hydrogens is 264 g/mol. The van der Waals surface area contributed by atoms with Crippen LogP contribution >= 0.6 is 0 Å². The van der Waals surface area contributed by atoms with E-state index in [1.54, 1.807) is 12.1 Å². The van der Waals surface area contributed by atoms with Crippen LogP contribution in [0, 0.1) is 5.41 Å². The summed E-state index contributed by atoms with van der Waals surface area (Å²) in [5.74, 6) is -0.270. The van der Waals surface area contributed by atoms with Crippen LogP contribution in [-0.4, -0.2) is 56.1 Å². The molecule has 0 unspecified atom stereocenters. The summed E-state index contributed by atoms with van der Waals surface area (Å²) in [4.78, 5) is 11.5. The smallest absolute Gasteiger partial charge is 0.311 e. The van der Waals surface area contributed by atoms with Crippen LogP contribution in [0.5, 0.6) is 0 Å². The van der Waals surface area contributed by atoms with Gasteiger partial charge in [-0.15, -0.1) is 14.8 Å². The Labute approximate surface area is 113 Å². The molecule has 0 saturated carbocycles. The molecule has 1 aliphatic heterocycles. The average Bonchev–Trinajstić information content (AvgIpc) is 2.93. The van der Waals surface area contributed by atoms with Crippen molar-refractivity contribution in [1.82, 2.24) is 25.3 Å². The first-order valence-electron chi connectivity index (χ1n) is 6.30. The van der Waals surface area contributed by atoms with Gasteiger partial charge in [-0.3, -0.25) is 4.79 Å². The number of aromatic nitrogens is 5. The molecule has 9 nitrogen and oxygen atoms in total. The predicted molar refractivity (Wildman–Crippen MR) is 67.2 cm³/mol. The molecule has 3 rings (SSSR count). The Morgan fingerprint density at radius 1 is 1.45 bits per heavy atom. The summed E-state index contributed by atoms with van der Waals surface area (Å²) >= 11 is 0. The minimum Gasteiger partial charge on any atom is -0.481 e. The van der Waals surface area contributed by atoms with Crippen molar-refractivity contribution in [3.05, 3.63) is 12.1 Å². The Morgan fingerprint density at radius 3 is 3.00 bits per heavy atom. The van der Waals surface area contributed by atoms with Gasteiger partial charge < -0.3 is 15.2 Å². The van der Waals surface area contributed by atoms with Crippen molar-refractivity contribution in [2.75, 3.05) is 25.1 Å². The monoisotopic (exact) mass is 278 g/mol. The maximum atomic E-state index is 11.5. The van der Waals surface area contributed by atoms with Crippen molar-refractivity contribution >= 4 is 17.4 Å². The number of carbonyl (C=O) groups is 1. The molecule has 0 atom stereocenters. The molecule has 0 bridgehead atoms. The number of carboxylic acids is 1. The second-order valence-corrected chi connectivity index (χ2v) is 4.80. The van der Waals surface area contributed by atoms with Crippen molar-refractivity contribution < 1.29 is 14.6 Å². The van der Waals surface area contributed by atoms with E-state index in [9.17, 15) is 9.90 Å². The molecule has 2 aromatic heterocycles. The number of tetrazole rings is 1. The first-order chi connectivity index (χ1) is 9.70. The van der Waals surface area contributed by atoms with E-state index < -0.39 is 11.4 Å². The predicted octanol–water partition coefficient (Wildman–Crippen LogP) is -0.187. The molecule has 20 heavy (non-hydrogen) atoms. The first-order valence-corrected chi connectivity index (χ1v) is 6.30. The molecule has 1 fully saturated rings. The van der Waals surface area contributed by atoms with Gasteiger partial charge in [-0.2, -0.15) is 0 Å². The zero-order valence-corrected chi connectivity index (χ0v) is 10.7. The van der Waals surface area contributed by atoms with Crippen molar-refractivity contribution in [3.63, 3.8) is 0 Å². The lowest BCUT2D eigenvalue weighted by molar-refractivity contribution is -0.153. The first kappa shape index (κ1) is 12.7. The standard InChI is InChI=1S/C11H14N6O3/c18-10(19)11(3-5-20-6-4-11)7-12-8-1-2-9-13-15-16-17(9)14-8/h1-2H,3-7H2,(H,12,14)(H,18,19). The van der Waals surface area contributed by atoms with E-state index >= 15 is 0 Å². The van der Waals surface area contributed by atoms with E-state index in [1.807, 2.05) is 0 Å². The number of nitrogens with one attached hydrogen (secondary N) is 1. The molecule has 2 N–H and O–H groups in total. The zero-order valence-electron chi connectivity index (χ0n) is 10.7. The van der Waals surface area contributed by atoms with Crippen LogP contribution in [0.1, 0.15) is 12.8 Å². The highest BCUT2D eigenvalue weighted by Gasteiger charge is 2.40. The van der Waals surface area contributed by atoms with Crippen LogP contribution in [-0.2, 0) is 9.53 Å². The lowest BCUT2D eigenvalue weighted by atomic mass is 9.80. The van der Waals surface area contributed by atoms with Gasteiger partial charge in [-0.25, -0.2) is 0 Å². The normalized spacial score (nSPS) is 18.0. The Bertz CT molecular complexity index is 621. The second-order valence-electron chi connectivity index (χ2n) is 4.80. The Kier molecular flexibility index (Phi) is 3.18. The van der Waals surface area contributed by atoms with Crippen LogP contribution in [0.25, 0.3) is 5.65 Å². The summed E-state index contributed by atoms with van der Waals surface area (Å²) in [7, 11) is 0. The minimum absolute atomic E-state index is 0.298. The van der Waals surface area contributed by atoms with Gasteiger partial charge in [0.1, 0.15) is 5.82 Å². The van der Waals surface area contributed by atoms with Crippen molar-refractivity contribution in [1.29, 1.82) is 0 Å². The maximum Gasteiger partial charge on any atom is 0.311 e. The lowest BCUT2D eigenvalue weighted by Gasteiger charge is -2.33. The Morgan fingerprint density at radius 2 is 2.25 bits per heavy atom. The van der Waals surface area contributed by atoms with Gasteiger partial charge in [-0.1, -0.05) is 0 Å². The van der Waals surface area contributed by atoms with Crippen LogP contribution in [0.4, 0.5) is 5.82 Å². The van der Waals surface area contributed by atoms with Gasteiger partial charge in [0.25, 0.3) is 0 Å². The number of hydrogen-bond donors (Lipinski definition) is 2. The molecule has 0 aliphatic carbocycles. The van der Waals surface area contributed by atoms with Gasteiger partial charge in [0.15, 0.2) is 5.65 Å². The van der Waals surface area contributed by atoms with E-state index in [-0.39, 0.29) is 0 Å². The van der Waals surface area contributed by atoms with Gasteiger partial charge in [0.05, 0.1) is 5.41 Å². The van der Waals surface area contributed by atoms with Crippen molar-refractivity contribution in [2.45, 2.75) is 12.8 Å². The topological polar surface area (TPSA) is 115 Å². The SMILES string of the molecule is O=C(O)C1(CNc2ccc3nnnn3n2)CCOCC1. The zero-order chi connectivity index (χ0) is 14.0. The van der Waals surface area contributed by atoms with Crippen LogP contribution < -0.4 is 5.32 Å². The summed E-state index contributed by atoms with van der Waals surface area (Å²) in [5, 5.41) is 27.6. The van der Waals surface area contributed by atoms with Crippen LogP contribution in [0.2, 0.25) is 0 Å². The molecule has 0 aromatic carbocycles. The van der Waals surface area contributed by atoms with E-state index in [0.717, 1.165) is 0 Å². The fraction of sp³-hybridized carbons (Fsp3) is 0.545. The number of carboxylic acid groups (broad SMARTS) is 1. The van der Waals surface area contributed by atoms with Crippen LogP contribution in [0.3, 0.4) is 0 Å². The molecule has 0 amide bonds. The number of nitrogens with zero attached hydrogens (tertiary/aromatic N) is 5. The average molecular weight is 278 g/mol. The third-order valence-electron chi connectivity index (χ3n) is 3.58. The van der Waals surface area contributed by atoms with E-state index in [2.05, 4.69) is 25.9 Å². The quantitative estimate of drug-likeness (QED) is 0.791. The van der Waals surface area contributed by atoms with Gasteiger partial charge in [0, 0.05) is 19.8 Å². The van der Waals surface area contributed by atoms with Crippen molar-refractivity contribution in [3.8, 4) is 0 Å². The number of fused-ring (bicyclic) bond motifs is 1. The largest absolute Gasteiger partial charge is 0.481 e. The molecule has 0 radical (unpaired) electrons. The van der Waals surface area contributed by atoms with Crippen LogP contribution in [0.15, 0.2) is 12.1 Å². The molecule has 106 valence electrons. The molecule has 3 heterocycles. The number of aliphatic carboxylic acids is 1.